The Bertz CT molecular complexity index is 848. The van der Waals surface area contributed by atoms with E-state index in [1.54, 1.807) is 18.2 Å². The van der Waals surface area contributed by atoms with Crippen molar-refractivity contribution in [3.63, 3.8) is 0 Å². The van der Waals surface area contributed by atoms with Crippen molar-refractivity contribution in [1.29, 1.82) is 0 Å². The molecule has 3 heteroatoms. The summed E-state index contributed by atoms with van der Waals surface area (Å²) in [4.78, 5) is 0. The molecule has 0 aliphatic heterocycles. The largest absolute Gasteiger partial charge is 0.267 e. The molecule has 0 fully saturated rings. The lowest BCUT2D eigenvalue weighted by atomic mass is 9.95. The summed E-state index contributed by atoms with van der Waals surface area (Å²) < 4.78 is 40.7. The summed E-state index contributed by atoms with van der Waals surface area (Å²) in [6.45, 7) is 3.51. The van der Waals surface area contributed by atoms with Crippen LogP contribution in [0.3, 0.4) is 0 Å². The van der Waals surface area contributed by atoms with Gasteiger partial charge in [-0.15, -0.1) is 0 Å². The Balaban J connectivity index is 2.03. The van der Waals surface area contributed by atoms with Crippen LogP contribution in [0.5, 0.6) is 0 Å². The predicted molar refractivity (Wildman–Crippen MR) is 91.7 cm³/mol. The Kier molecular flexibility index (Phi) is 4.43. The van der Waals surface area contributed by atoms with E-state index in [-0.39, 0.29) is 11.1 Å². The molecule has 0 aromatic heterocycles. The topological polar surface area (TPSA) is 0 Å². The van der Waals surface area contributed by atoms with E-state index in [4.69, 9.17) is 0 Å². The lowest BCUT2D eigenvalue weighted by Gasteiger charge is -2.13. The van der Waals surface area contributed by atoms with E-state index in [0.29, 0.717) is 5.56 Å². The summed E-state index contributed by atoms with van der Waals surface area (Å²) in [5.41, 5.74) is 3.74. The van der Waals surface area contributed by atoms with Gasteiger partial charge in [-0.05, 0) is 41.7 Å². The Labute approximate surface area is 139 Å². The van der Waals surface area contributed by atoms with E-state index in [2.05, 4.69) is 0 Å². The van der Waals surface area contributed by atoms with E-state index >= 15 is 0 Å². The minimum absolute atomic E-state index is 0.227. The van der Waals surface area contributed by atoms with Crippen LogP contribution >= 0.6 is 0 Å². The molecular weight excluding hydrogens is 309 g/mol. The monoisotopic (exact) mass is 326 g/mol. The first-order chi connectivity index (χ1) is 11.5. The van der Waals surface area contributed by atoms with Crippen LogP contribution in [0.2, 0.25) is 0 Å². The van der Waals surface area contributed by atoms with Gasteiger partial charge in [-0.25, -0.2) is 13.2 Å². The molecule has 0 unspecified atom stereocenters. The normalized spacial score (nSPS) is 11.1. The van der Waals surface area contributed by atoms with Crippen molar-refractivity contribution in [2.75, 3.05) is 0 Å². The number of aryl methyl sites for hydroxylation is 2. The average Bonchev–Trinajstić information content (AvgIpc) is 2.58. The molecule has 122 valence electrons. The van der Waals surface area contributed by atoms with Crippen LogP contribution in [0.15, 0.2) is 60.7 Å². The highest BCUT2D eigenvalue weighted by Crippen LogP contribution is 2.35. The number of rotatable bonds is 3. The van der Waals surface area contributed by atoms with Crippen LogP contribution in [-0.4, -0.2) is 0 Å². The maximum Gasteiger partial charge on any atom is 0.267 e. The molecule has 0 radical (unpaired) electrons. The van der Waals surface area contributed by atoms with Crippen LogP contribution in [-0.2, 0) is 0 Å². The lowest BCUT2D eigenvalue weighted by Crippen LogP contribution is -1.98. The van der Waals surface area contributed by atoms with Crippen LogP contribution in [0.25, 0.3) is 22.3 Å². The molecule has 3 aromatic carbocycles. The summed E-state index contributed by atoms with van der Waals surface area (Å²) >= 11 is 0. The van der Waals surface area contributed by atoms with Gasteiger partial charge in [-0.1, -0.05) is 66.2 Å². The molecule has 0 saturated carbocycles. The number of halogens is 3. The van der Waals surface area contributed by atoms with Crippen molar-refractivity contribution in [3.8, 4) is 22.3 Å². The number of alkyl halides is 2. The van der Waals surface area contributed by atoms with E-state index in [1.165, 1.54) is 18.6 Å². The van der Waals surface area contributed by atoms with Gasteiger partial charge < -0.3 is 0 Å². The molecule has 3 aromatic rings. The molecule has 0 heterocycles. The fourth-order valence-corrected chi connectivity index (χ4v) is 2.76. The Hall–Kier alpha value is -2.55. The van der Waals surface area contributed by atoms with Gasteiger partial charge in [-0.2, -0.15) is 0 Å². The van der Waals surface area contributed by atoms with Crippen molar-refractivity contribution >= 4 is 0 Å². The quantitative estimate of drug-likeness (QED) is 0.501. The summed E-state index contributed by atoms with van der Waals surface area (Å²) in [6, 6.07) is 18.4. The third kappa shape index (κ3) is 3.07. The van der Waals surface area contributed by atoms with E-state index < -0.39 is 17.8 Å². The molecule has 3 rings (SSSR count). The summed E-state index contributed by atoms with van der Waals surface area (Å²) in [6.07, 6.45) is -2.85. The molecule has 0 amide bonds. The first-order valence-corrected chi connectivity index (χ1v) is 7.72. The number of hydrogen-bond donors (Lipinski definition) is 0. The maximum atomic E-state index is 14.1. The molecule has 0 aliphatic rings. The van der Waals surface area contributed by atoms with Crippen LogP contribution in [0.1, 0.15) is 23.1 Å². The second kappa shape index (κ2) is 6.52. The first-order valence-electron chi connectivity index (χ1n) is 7.72. The molecular formula is C21H17F3. The fourth-order valence-electron chi connectivity index (χ4n) is 2.76. The minimum atomic E-state index is -2.85. The van der Waals surface area contributed by atoms with Gasteiger partial charge >= 0.3 is 0 Å². The van der Waals surface area contributed by atoms with Crippen LogP contribution in [0.4, 0.5) is 13.2 Å². The maximum absolute atomic E-state index is 14.1. The predicted octanol–water partition coefficient (Wildman–Crippen LogP) is 6.71. The van der Waals surface area contributed by atoms with Gasteiger partial charge in [0.25, 0.3) is 6.43 Å². The Morgan fingerprint density at radius 2 is 1.17 bits per heavy atom. The van der Waals surface area contributed by atoms with Crippen LogP contribution in [0, 0.1) is 19.7 Å². The third-order valence-corrected chi connectivity index (χ3v) is 4.17. The lowest BCUT2D eigenvalue weighted by molar-refractivity contribution is 0.147. The third-order valence-electron chi connectivity index (χ3n) is 4.17. The zero-order chi connectivity index (χ0) is 17.3. The summed E-state index contributed by atoms with van der Waals surface area (Å²) in [5, 5.41) is 0. The molecule has 0 nitrogen and oxygen atoms in total. The molecule has 0 atom stereocenters. The van der Waals surface area contributed by atoms with Gasteiger partial charge in [0.2, 0.25) is 0 Å². The summed E-state index contributed by atoms with van der Waals surface area (Å²) in [5.74, 6) is -0.829. The highest BCUT2D eigenvalue weighted by atomic mass is 19.3. The van der Waals surface area contributed by atoms with Crippen molar-refractivity contribution in [1.82, 2.24) is 0 Å². The van der Waals surface area contributed by atoms with Crippen LogP contribution < -0.4 is 0 Å². The van der Waals surface area contributed by atoms with Crippen molar-refractivity contribution < 1.29 is 13.2 Å². The number of benzene rings is 3. The SMILES string of the molecule is Cc1ccc(-c2ccc(-c3ccc(C)c(F)c3C(F)F)cc2)cc1. The standard InChI is InChI=1S/C21H17F3/c1-13-3-6-15(7-4-13)16-8-10-17(11-9-16)18-12-5-14(2)20(22)19(18)21(23)24/h3-12,21H,1-2H3. The molecule has 0 bridgehead atoms. The van der Waals surface area contributed by atoms with Gasteiger partial charge in [0.15, 0.2) is 0 Å². The highest BCUT2D eigenvalue weighted by Gasteiger charge is 2.20. The average molecular weight is 326 g/mol. The van der Waals surface area contributed by atoms with Gasteiger partial charge in [-0.3, -0.25) is 0 Å². The molecule has 0 saturated heterocycles. The van der Waals surface area contributed by atoms with Crippen molar-refractivity contribution in [2.24, 2.45) is 0 Å². The van der Waals surface area contributed by atoms with Crippen molar-refractivity contribution in [3.05, 3.63) is 83.2 Å². The van der Waals surface area contributed by atoms with E-state index in [9.17, 15) is 13.2 Å². The molecule has 0 spiro atoms. The first kappa shape index (κ1) is 16.3. The zero-order valence-corrected chi connectivity index (χ0v) is 13.5. The van der Waals surface area contributed by atoms with Gasteiger partial charge in [0, 0.05) is 0 Å². The van der Waals surface area contributed by atoms with E-state index in [1.807, 2.05) is 43.3 Å². The Morgan fingerprint density at radius 1 is 0.667 bits per heavy atom. The van der Waals surface area contributed by atoms with E-state index in [0.717, 1.165) is 11.1 Å². The van der Waals surface area contributed by atoms with Gasteiger partial charge in [0.1, 0.15) is 5.82 Å². The smallest absolute Gasteiger partial charge is 0.206 e. The molecule has 24 heavy (non-hydrogen) atoms. The second-order valence-corrected chi connectivity index (χ2v) is 5.90. The Morgan fingerprint density at radius 3 is 1.71 bits per heavy atom. The molecule has 0 N–H and O–H groups in total. The van der Waals surface area contributed by atoms with Crippen molar-refractivity contribution in [2.45, 2.75) is 20.3 Å². The second-order valence-electron chi connectivity index (χ2n) is 5.90. The summed E-state index contributed by atoms with van der Waals surface area (Å²) in [7, 11) is 0. The van der Waals surface area contributed by atoms with Gasteiger partial charge in [0.05, 0.1) is 5.56 Å². The highest BCUT2D eigenvalue weighted by molar-refractivity contribution is 5.73. The fraction of sp³-hybridized carbons (Fsp3) is 0.143. The molecule has 0 aliphatic carbocycles. The zero-order valence-electron chi connectivity index (χ0n) is 13.5. The number of hydrogen-bond acceptors (Lipinski definition) is 0. The minimum Gasteiger partial charge on any atom is -0.206 e.